The third-order valence-corrected chi connectivity index (χ3v) is 1.52. The van der Waals surface area contributed by atoms with Crippen LogP contribution in [0.2, 0.25) is 0 Å². The summed E-state index contributed by atoms with van der Waals surface area (Å²) in [6, 6.07) is 0. The first-order valence-corrected chi connectivity index (χ1v) is 4.03. The van der Waals surface area contributed by atoms with Crippen molar-refractivity contribution in [3.8, 4) is 0 Å². The Morgan fingerprint density at radius 3 is 2.22 bits per heavy atom. The zero-order valence-electron chi connectivity index (χ0n) is 6.91. The van der Waals surface area contributed by atoms with Gasteiger partial charge in [0.25, 0.3) is 0 Å². The molecule has 0 atom stereocenters. The fourth-order valence-corrected chi connectivity index (χ4v) is 1.03. The summed E-state index contributed by atoms with van der Waals surface area (Å²) in [5, 5.41) is 0. The summed E-state index contributed by atoms with van der Waals surface area (Å²) in [7, 11) is 0. The molecule has 0 rings (SSSR count). The van der Waals surface area contributed by atoms with Crippen LogP contribution in [0.15, 0.2) is 11.6 Å². The van der Waals surface area contributed by atoms with E-state index in [0.29, 0.717) is 0 Å². The van der Waals surface area contributed by atoms with E-state index in [4.69, 9.17) is 0 Å². The Morgan fingerprint density at radius 2 is 1.89 bits per heavy atom. The predicted octanol–water partition coefficient (Wildman–Crippen LogP) is 3.53. The highest BCUT2D eigenvalue weighted by molar-refractivity contribution is 4.99. The van der Waals surface area contributed by atoms with Crippen LogP contribution in [0.3, 0.4) is 0 Å². The molecule has 0 bridgehead atoms. The molecule has 0 radical (unpaired) electrons. The molecule has 0 aromatic carbocycles. The van der Waals surface area contributed by atoms with Crippen molar-refractivity contribution in [3.63, 3.8) is 0 Å². The molecule has 0 nitrogen and oxygen atoms in total. The number of allylic oxidation sites excluding steroid dienone is 2. The summed E-state index contributed by atoms with van der Waals surface area (Å²) < 4.78 is 0. The van der Waals surface area contributed by atoms with Crippen molar-refractivity contribution in [3.05, 3.63) is 11.6 Å². The van der Waals surface area contributed by atoms with Gasteiger partial charge in [0.1, 0.15) is 0 Å². The molecule has 0 N–H and O–H groups in total. The van der Waals surface area contributed by atoms with Gasteiger partial charge in [0.15, 0.2) is 0 Å². The van der Waals surface area contributed by atoms with E-state index >= 15 is 0 Å². The number of rotatable bonds is 4. The first kappa shape index (κ1) is 8.74. The Kier molecular flexibility index (Phi) is 5.70. The van der Waals surface area contributed by atoms with Gasteiger partial charge in [0.2, 0.25) is 0 Å². The Morgan fingerprint density at radius 1 is 1.22 bits per heavy atom. The maximum atomic E-state index is 2.35. The van der Waals surface area contributed by atoms with Crippen molar-refractivity contribution >= 4 is 0 Å². The normalized spacial score (nSPS) is 12.1. The van der Waals surface area contributed by atoms with Gasteiger partial charge in [-0.05, 0) is 19.3 Å². The highest BCUT2D eigenvalue weighted by atomic mass is 13.9. The molecule has 54 valence electrons. The van der Waals surface area contributed by atoms with Crippen LogP contribution in [0.4, 0.5) is 0 Å². The summed E-state index contributed by atoms with van der Waals surface area (Å²) in [4.78, 5) is 0. The Hall–Kier alpha value is -0.260. The maximum Gasteiger partial charge on any atom is -0.0323 e. The minimum atomic E-state index is 1.20. The first-order valence-electron chi connectivity index (χ1n) is 4.03. The van der Waals surface area contributed by atoms with E-state index in [-0.39, 0.29) is 0 Å². The Bertz CT molecular complexity index is 80.0. The molecule has 0 aromatic heterocycles. The highest BCUT2D eigenvalue weighted by Crippen LogP contribution is 2.08. The van der Waals surface area contributed by atoms with Gasteiger partial charge in [-0.3, -0.25) is 0 Å². The van der Waals surface area contributed by atoms with Crippen molar-refractivity contribution in [1.29, 1.82) is 0 Å². The van der Waals surface area contributed by atoms with Crippen molar-refractivity contribution < 1.29 is 0 Å². The molecule has 0 spiro atoms. The second kappa shape index (κ2) is 5.87. The smallest absolute Gasteiger partial charge is 0.0323 e. The topological polar surface area (TPSA) is 0 Å². The van der Waals surface area contributed by atoms with Gasteiger partial charge in [-0.1, -0.05) is 38.8 Å². The fraction of sp³-hybridized carbons (Fsp3) is 0.778. The van der Waals surface area contributed by atoms with Crippen LogP contribution >= 0.6 is 0 Å². The summed E-state index contributed by atoms with van der Waals surface area (Å²) in [6.07, 6.45) is 7.37. The highest BCUT2D eigenvalue weighted by Gasteiger charge is 1.88. The quantitative estimate of drug-likeness (QED) is 0.505. The molecule has 0 heterocycles. The summed E-state index contributed by atoms with van der Waals surface area (Å²) in [6.45, 7) is 6.67. The van der Waals surface area contributed by atoms with Crippen LogP contribution in [-0.4, -0.2) is 0 Å². The molecule has 0 unspecified atom stereocenters. The molecule has 0 aromatic rings. The molecular formula is C9H18. The van der Waals surface area contributed by atoms with Crippen LogP contribution in [0, 0.1) is 0 Å². The SMILES string of the molecule is CC/C=C(/CC)CCC. The third kappa shape index (κ3) is 4.26. The first-order chi connectivity index (χ1) is 4.35. The van der Waals surface area contributed by atoms with Gasteiger partial charge in [-0.25, -0.2) is 0 Å². The largest absolute Gasteiger partial charge is 0.0856 e. The van der Waals surface area contributed by atoms with E-state index in [2.05, 4.69) is 26.8 Å². The molecule has 0 aliphatic rings. The van der Waals surface area contributed by atoms with Crippen LogP contribution in [0.1, 0.15) is 46.5 Å². The van der Waals surface area contributed by atoms with Crippen LogP contribution in [0.25, 0.3) is 0 Å². The standard InChI is InChI=1S/C9H18/c1-4-7-9(6-3)8-5-2/h7H,4-6,8H2,1-3H3/b9-7-. The lowest BCUT2D eigenvalue weighted by atomic mass is 10.1. The van der Waals surface area contributed by atoms with Crippen LogP contribution < -0.4 is 0 Å². The maximum absolute atomic E-state index is 2.35. The van der Waals surface area contributed by atoms with E-state index in [1.807, 2.05) is 0 Å². The lowest BCUT2D eigenvalue weighted by Gasteiger charge is -1.99. The zero-order chi connectivity index (χ0) is 7.11. The van der Waals surface area contributed by atoms with Gasteiger partial charge in [-0.15, -0.1) is 0 Å². The van der Waals surface area contributed by atoms with Gasteiger partial charge in [0, 0.05) is 0 Å². The summed E-state index contributed by atoms with van der Waals surface area (Å²) >= 11 is 0. The second-order valence-corrected chi connectivity index (χ2v) is 2.37. The molecule has 0 fully saturated rings. The number of hydrogen-bond donors (Lipinski definition) is 0. The van der Waals surface area contributed by atoms with E-state index in [0.717, 1.165) is 0 Å². The average molecular weight is 126 g/mol. The molecule has 0 aliphatic carbocycles. The van der Waals surface area contributed by atoms with E-state index < -0.39 is 0 Å². The van der Waals surface area contributed by atoms with Gasteiger partial charge in [-0.2, -0.15) is 0 Å². The van der Waals surface area contributed by atoms with E-state index in [1.54, 1.807) is 5.57 Å². The van der Waals surface area contributed by atoms with Gasteiger partial charge >= 0.3 is 0 Å². The van der Waals surface area contributed by atoms with Crippen LogP contribution in [-0.2, 0) is 0 Å². The van der Waals surface area contributed by atoms with E-state index in [1.165, 1.54) is 25.7 Å². The van der Waals surface area contributed by atoms with Crippen LogP contribution in [0.5, 0.6) is 0 Å². The van der Waals surface area contributed by atoms with Crippen molar-refractivity contribution in [2.75, 3.05) is 0 Å². The van der Waals surface area contributed by atoms with Gasteiger partial charge in [0.05, 0.1) is 0 Å². The number of hydrogen-bond acceptors (Lipinski definition) is 0. The molecule has 0 amide bonds. The van der Waals surface area contributed by atoms with Crippen molar-refractivity contribution in [2.24, 2.45) is 0 Å². The average Bonchev–Trinajstić information content (AvgIpc) is 1.88. The molecule has 9 heavy (non-hydrogen) atoms. The minimum absolute atomic E-state index is 1.20. The summed E-state index contributed by atoms with van der Waals surface area (Å²) in [5.74, 6) is 0. The van der Waals surface area contributed by atoms with Crippen molar-refractivity contribution in [1.82, 2.24) is 0 Å². The minimum Gasteiger partial charge on any atom is -0.0856 e. The lowest BCUT2D eigenvalue weighted by Crippen LogP contribution is -1.78. The molecular weight excluding hydrogens is 108 g/mol. The summed E-state index contributed by atoms with van der Waals surface area (Å²) in [5.41, 5.74) is 1.63. The predicted molar refractivity (Wildman–Crippen MR) is 43.6 cm³/mol. The molecule has 0 heteroatoms. The second-order valence-electron chi connectivity index (χ2n) is 2.37. The Labute approximate surface area is 59.0 Å². The molecule has 0 aliphatic heterocycles. The fourth-order valence-electron chi connectivity index (χ4n) is 1.03. The van der Waals surface area contributed by atoms with E-state index in [9.17, 15) is 0 Å². The Balaban J connectivity index is 3.53. The lowest BCUT2D eigenvalue weighted by molar-refractivity contribution is 0.849. The molecule has 0 saturated carbocycles. The zero-order valence-corrected chi connectivity index (χ0v) is 6.91. The van der Waals surface area contributed by atoms with Gasteiger partial charge < -0.3 is 0 Å². The van der Waals surface area contributed by atoms with Crippen molar-refractivity contribution in [2.45, 2.75) is 46.5 Å². The third-order valence-electron chi connectivity index (χ3n) is 1.52. The molecule has 0 saturated heterocycles. The monoisotopic (exact) mass is 126 g/mol.